The number of aromatic nitrogens is 1. The fourth-order valence-corrected chi connectivity index (χ4v) is 3.28. The summed E-state index contributed by atoms with van der Waals surface area (Å²) in [4.78, 5) is 3.93. The van der Waals surface area contributed by atoms with E-state index >= 15 is 0 Å². The normalized spacial score (nSPS) is 17.6. The van der Waals surface area contributed by atoms with Gasteiger partial charge in [0.1, 0.15) is 0 Å². The maximum Gasteiger partial charge on any atom is 0.268 e. The van der Waals surface area contributed by atoms with Crippen molar-refractivity contribution in [3.8, 4) is 0 Å². The molecule has 4 nitrogen and oxygen atoms in total. The largest absolute Gasteiger partial charge is 0.268 e. The molecule has 1 aliphatic carbocycles. The van der Waals surface area contributed by atoms with E-state index in [0.29, 0.717) is 0 Å². The van der Waals surface area contributed by atoms with Gasteiger partial charge in [0.05, 0.1) is 0 Å². The second-order valence-corrected chi connectivity index (χ2v) is 5.90. The topological polar surface area (TPSA) is 59.1 Å². The molecular weight excluding hydrogens is 208 g/mol. The second kappa shape index (κ2) is 3.04. The number of aryl methyl sites for hydroxylation is 1. The van der Waals surface area contributed by atoms with Crippen molar-refractivity contribution < 1.29 is 8.42 Å². The van der Waals surface area contributed by atoms with Crippen LogP contribution in [0.15, 0.2) is 9.72 Å². The fraction of sp³-hybridized carbons (Fsp3) is 0.571. The third-order valence-electron chi connectivity index (χ3n) is 1.73. The van der Waals surface area contributed by atoms with Crippen molar-refractivity contribution in [3.63, 3.8) is 0 Å². The van der Waals surface area contributed by atoms with Crippen LogP contribution in [0.2, 0.25) is 0 Å². The van der Waals surface area contributed by atoms with E-state index in [1.165, 1.54) is 0 Å². The SMILES string of the molecule is Cc1csc(S(=O)(=O)NC2CC2)n1. The zero-order chi connectivity index (χ0) is 9.47. The highest BCUT2D eigenvalue weighted by Crippen LogP contribution is 2.23. The molecule has 2 rings (SSSR count). The summed E-state index contributed by atoms with van der Waals surface area (Å²) in [6.45, 7) is 1.78. The molecule has 1 aromatic heterocycles. The van der Waals surface area contributed by atoms with Gasteiger partial charge in [-0.3, -0.25) is 0 Å². The van der Waals surface area contributed by atoms with E-state index in [0.717, 1.165) is 29.9 Å². The standard InChI is InChI=1S/C7H10N2O2S2/c1-5-4-12-7(8-5)13(10,11)9-6-2-3-6/h4,6,9H,2-3H2,1H3. The summed E-state index contributed by atoms with van der Waals surface area (Å²) in [6, 6.07) is 0.147. The Bertz CT molecular complexity index is 406. The van der Waals surface area contributed by atoms with E-state index in [9.17, 15) is 8.42 Å². The average molecular weight is 218 g/mol. The lowest BCUT2D eigenvalue weighted by molar-refractivity contribution is 0.580. The molecule has 0 radical (unpaired) electrons. The Kier molecular flexibility index (Phi) is 2.13. The third kappa shape index (κ3) is 2.07. The Morgan fingerprint density at radius 3 is 2.77 bits per heavy atom. The van der Waals surface area contributed by atoms with Gasteiger partial charge in [0.25, 0.3) is 10.0 Å². The Labute approximate surface area is 81.1 Å². The Morgan fingerprint density at radius 1 is 1.62 bits per heavy atom. The molecule has 1 heterocycles. The average Bonchev–Trinajstić information content (AvgIpc) is 2.70. The van der Waals surface area contributed by atoms with Crippen molar-refractivity contribution in [2.24, 2.45) is 0 Å². The first-order valence-corrected chi connectivity index (χ1v) is 6.39. The van der Waals surface area contributed by atoms with Crippen LogP contribution >= 0.6 is 11.3 Å². The molecule has 0 bridgehead atoms. The maximum absolute atomic E-state index is 11.5. The minimum Gasteiger partial charge on any atom is -0.229 e. The summed E-state index contributed by atoms with van der Waals surface area (Å²) in [5.74, 6) is 0. The van der Waals surface area contributed by atoms with Crippen molar-refractivity contribution >= 4 is 21.4 Å². The van der Waals surface area contributed by atoms with Gasteiger partial charge in [-0.2, -0.15) is 0 Å². The first-order valence-electron chi connectivity index (χ1n) is 4.02. The first-order chi connectivity index (χ1) is 6.08. The molecule has 0 aromatic carbocycles. The Morgan fingerprint density at radius 2 is 2.31 bits per heavy atom. The van der Waals surface area contributed by atoms with Crippen LogP contribution in [0.25, 0.3) is 0 Å². The molecule has 1 fully saturated rings. The first kappa shape index (κ1) is 9.11. The molecule has 6 heteroatoms. The maximum atomic E-state index is 11.5. The van der Waals surface area contributed by atoms with Gasteiger partial charge in [0, 0.05) is 17.1 Å². The van der Waals surface area contributed by atoms with Gasteiger partial charge in [0.2, 0.25) is 4.34 Å². The van der Waals surface area contributed by atoms with Crippen molar-refractivity contribution in [1.29, 1.82) is 0 Å². The number of hydrogen-bond donors (Lipinski definition) is 1. The summed E-state index contributed by atoms with van der Waals surface area (Å²) in [5.41, 5.74) is 0.751. The zero-order valence-electron chi connectivity index (χ0n) is 7.15. The van der Waals surface area contributed by atoms with Gasteiger partial charge in [-0.25, -0.2) is 18.1 Å². The van der Waals surface area contributed by atoms with E-state index in [4.69, 9.17) is 0 Å². The lowest BCUT2D eigenvalue weighted by Crippen LogP contribution is -2.25. The van der Waals surface area contributed by atoms with E-state index in [-0.39, 0.29) is 10.4 Å². The van der Waals surface area contributed by atoms with Crippen molar-refractivity contribution in [3.05, 3.63) is 11.1 Å². The summed E-state index contributed by atoms with van der Waals surface area (Å²) in [5, 5.41) is 1.74. The van der Waals surface area contributed by atoms with Crippen LogP contribution in [-0.2, 0) is 10.0 Å². The zero-order valence-corrected chi connectivity index (χ0v) is 8.78. The summed E-state index contributed by atoms with van der Waals surface area (Å²) >= 11 is 1.16. The number of hydrogen-bond acceptors (Lipinski definition) is 4. The monoisotopic (exact) mass is 218 g/mol. The minimum absolute atomic E-state index is 0.147. The molecule has 0 amide bonds. The molecule has 0 unspecified atom stereocenters. The number of nitrogens with one attached hydrogen (secondary N) is 1. The lowest BCUT2D eigenvalue weighted by atomic mass is 10.6. The predicted molar refractivity (Wildman–Crippen MR) is 50.2 cm³/mol. The smallest absolute Gasteiger partial charge is 0.229 e. The predicted octanol–water partition coefficient (Wildman–Crippen LogP) is 0.892. The van der Waals surface area contributed by atoms with Crippen molar-refractivity contribution in [2.75, 3.05) is 0 Å². The molecule has 0 atom stereocenters. The van der Waals surface area contributed by atoms with E-state index < -0.39 is 10.0 Å². The highest BCUT2D eigenvalue weighted by Gasteiger charge is 2.29. The Hall–Kier alpha value is -0.460. The quantitative estimate of drug-likeness (QED) is 0.819. The molecule has 1 N–H and O–H groups in total. The summed E-state index contributed by atoms with van der Waals surface area (Å²) in [6.07, 6.45) is 1.90. The molecule has 0 aliphatic heterocycles. The number of nitrogens with zero attached hydrogens (tertiary/aromatic N) is 1. The fourth-order valence-electron chi connectivity index (χ4n) is 0.927. The molecule has 13 heavy (non-hydrogen) atoms. The van der Waals surface area contributed by atoms with Crippen molar-refractivity contribution in [1.82, 2.24) is 9.71 Å². The van der Waals surface area contributed by atoms with Gasteiger partial charge in [-0.05, 0) is 19.8 Å². The minimum atomic E-state index is -3.32. The lowest BCUT2D eigenvalue weighted by Gasteiger charge is -1.99. The van der Waals surface area contributed by atoms with Gasteiger partial charge in [-0.1, -0.05) is 0 Å². The highest BCUT2D eigenvalue weighted by molar-refractivity contribution is 7.91. The van der Waals surface area contributed by atoms with Gasteiger partial charge in [0.15, 0.2) is 0 Å². The van der Waals surface area contributed by atoms with Crippen LogP contribution in [0.3, 0.4) is 0 Å². The third-order valence-corrected chi connectivity index (χ3v) is 4.62. The summed E-state index contributed by atoms with van der Waals surface area (Å²) in [7, 11) is -3.32. The van der Waals surface area contributed by atoms with Crippen LogP contribution in [0.4, 0.5) is 0 Å². The van der Waals surface area contributed by atoms with Crippen LogP contribution < -0.4 is 4.72 Å². The van der Waals surface area contributed by atoms with Crippen LogP contribution in [0.1, 0.15) is 18.5 Å². The number of rotatable bonds is 3. The molecule has 0 spiro atoms. The van der Waals surface area contributed by atoms with Gasteiger partial charge >= 0.3 is 0 Å². The van der Waals surface area contributed by atoms with Gasteiger partial charge in [-0.15, -0.1) is 11.3 Å². The van der Waals surface area contributed by atoms with E-state index in [1.807, 2.05) is 0 Å². The van der Waals surface area contributed by atoms with Crippen LogP contribution in [0, 0.1) is 6.92 Å². The van der Waals surface area contributed by atoms with Crippen molar-refractivity contribution in [2.45, 2.75) is 30.1 Å². The number of thiazole rings is 1. The number of sulfonamides is 1. The summed E-state index contributed by atoms with van der Waals surface area (Å²) < 4.78 is 25.8. The molecule has 1 aromatic rings. The van der Waals surface area contributed by atoms with E-state index in [1.54, 1.807) is 12.3 Å². The molecule has 1 saturated carbocycles. The molecular formula is C7H10N2O2S2. The molecule has 1 aliphatic rings. The van der Waals surface area contributed by atoms with Crippen LogP contribution in [-0.4, -0.2) is 19.4 Å². The second-order valence-electron chi connectivity index (χ2n) is 3.15. The molecule has 72 valence electrons. The van der Waals surface area contributed by atoms with Crippen LogP contribution in [0.5, 0.6) is 0 Å². The van der Waals surface area contributed by atoms with E-state index in [2.05, 4.69) is 9.71 Å². The highest BCUT2D eigenvalue weighted by atomic mass is 32.2. The van der Waals surface area contributed by atoms with Gasteiger partial charge < -0.3 is 0 Å². The molecule has 0 saturated heterocycles. The Balaban J connectivity index is 2.22.